The number of hydrogen-bond acceptors (Lipinski definition) is 4. The predicted octanol–water partition coefficient (Wildman–Crippen LogP) is 5.01. The zero-order chi connectivity index (χ0) is 28.6. The molecule has 2 N–H and O–H groups in total. The van der Waals surface area contributed by atoms with E-state index in [-0.39, 0.29) is 35.6 Å². The maximum Gasteiger partial charge on any atom is 0.251 e. The summed E-state index contributed by atoms with van der Waals surface area (Å²) in [5.41, 5.74) is 4.48. The first-order chi connectivity index (χ1) is 19.1. The van der Waals surface area contributed by atoms with E-state index in [0.29, 0.717) is 16.8 Å². The second-order valence-electron chi connectivity index (χ2n) is 11.1. The Morgan fingerprint density at radius 2 is 1.73 bits per heavy atom. The minimum absolute atomic E-state index is 0.0667. The summed E-state index contributed by atoms with van der Waals surface area (Å²) in [6, 6.07) is 15.3. The molecule has 7 heteroatoms. The smallest absolute Gasteiger partial charge is 0.251 e. The van der Waals surface area contributed by atoms with E-state index in [1.54, 1.807) is 19.2 Å². The van der Waals surface area contributed by atoms with Crippen LogP contribution in [0.2, 0.25) is 0 Å². The largest absolute Gasteiger partial charge is 0.357 e. The molecule has 4 atom stereocenters. The van der Waals surface area contributed by atoms with Crippen LogP contribution >= 0.6 is 0 Å². The number of nitrogens with one attached hydrogen (secondary N) is 2. The number of aliphatic imine (C=N–C) groups is 1. The van der Waals surface area contributed by atoms with E-state index in [1.165, 1.54) is 12.1 Å². The molecule has 4 unspecified atom stereocenters. The van der Waals surface area contributed by atoms with E-state index in [1.807, 2.05) is 74.4 Å². The zero-order valence-corrected chi connectivity index (χ0v) is 23.5. The molecule has 0 saturated carbocycles. The van der Waals surface area contributed by atoms with Crippen molar-refractivity contribution < 1.29 is 14.0 Å². The number of nitrogens with zero attached hydrogens (tertiary/aromatic N) is 2. The van der Waals surface area contributed by atoms with Crippen molar-refractivity contribution in [3.8, 4) is 0 Å². The highest BCUT2D eigenvalue weighted by Gasteiger charge is 2.41. The van der Waals surface area contributed by atoms with Crippen LogP contribution < -0.4 is 10.6 Å². The van der Waals surface area contributed by atoms with Gasteiger partial charge in [0.2, 0.25) is 5.91 Å². The monoisotopic (exact) mass is 538 g/mol. The van der Waals surface area contributed by atoms with Gasteiger partial charge in [0.25, 0.3) is 5.91 Å². The number of likely N-dealkylation sites (N-methyl/N-ethyl adjacent to an activating group) is 1. The SMILES string of the molecule is CNC(=O)C1C(c2ccc(F)cc2)=NC2C=C(C)C(C3C=C(C(=O)NC(C)(C)c4ccccc4)C=CC3C)=CN21. The highest BCUT2D eigenvalue weighted by molar-refractivity contribution is 6.17. The van der Waals surface area contributed by atoms with Gasteiger partial charge in [-0.15, -0.1) is 0 Å². The number of carbonyl (C=O) groups excluding carboxylic acids is 2. The average molecular weight is 539 g/mol. The Bertz CT molecular complexity index is 1470. The molecular formula is C33H35FN4O2. The molecule has 40 heavy (non-hydrogen) atoms. The van der Waals surface area contributed by atoms with Gasteiger partial charge in [-0.25, -0.2) is 4.39 Å². The molecule has 6 nitrogen and oxygen atoms in total. The van der Waals surface area contributed by atoms with Gasteiger partial charge in [-0.3, -0.25) is 14.6 Å². The predicted molar refractivity (Wildman–Crippen MR) is 156 cm³/mol. The number of rotatable bonds is 6. The summed E-state index contributed by atoms with van der Waals surface area (Å²) >= 11 is 0. The first-order valence-electron chi connectivity index (χ1n) is 13.6. The number of hydrogen-bond donors (Lipinski definition) is 2. The van der Waals surface area contributed by atoms with Gasteiger partial charge < -0.3 is 15.5 Å². The average Bonchev–Trinajstić information content (AvgIpc) is 3.31. The lowest BCUT2D eigenvalue weighted by atomic mass is 9.78. The Morgan fingerprint density at radius 3 is 2.40 bits per heavy atom. The molecule has 1 aliphatic carbocycles. The number of amides is 2. The van der Waals surface area contributed by atoms with E-state index in [9.17, 15) is 14.0 Å². The quantitative estimate of drug-likeness (QED) is 0.543. The van der Waals surface area contributed by atoms with Gasteiger partial charge in [0.15, 0.2) is 6.04 Å². The summed E-state index contributed by atoms with van der Waals surface area (Å²) < 4.78 is 13.6. The molecule has 206 valence electrons. The van der Waals surface area contributed by atoms with Gasteiger partial charge in [0.1, 0.15) is 12.0 Å². The second kappa shape index (κ2) is 10.7. The molecule has 2 aromatic rings. The fraction of sp³-hybridized carbons (Fsp3) is 0.303. The molecule has 2 aliphatic heterocycles. The molecule has 2 heterocycles. The lowest BCUT2D eigenvalue weighted by molar-refractivity contribution is -0.123. The van der Waals surface area contributed by atoms with Gasteiger partial charge >= 0.3 is 0 Å². The summed E-state index contributed by atoms with van der Waals surface area (Å²) in [5, 5.41) is 5.95. The number of carbonyl (C=O) groups is 2. The Labute approximate surface area is 235 Å². The molecule has 3 aliphatic rings. The maximum absolute atomic E-state index is 13.6. The van der Waals surface area contributed by atoms with Crippen LogP contribution in [-0.4, -0.2) is 41.7 Å². The van der Waals surface area contributed by atoms with Gasteiger partial charge in [-0.1, -0.05) is 67.6 Å². The van der Waals surface area contributed by atoms with Crippen molar-refractivity contribution in [2.24, 2.45) is 16.8 Å². The van der Waals surface area contributed by atoms with Gasteiger partial charge in [-0.2, -0.15) is 0 Å². The topological polar surface area (TPSA) is 73.8 Å². The van der Waals surface area contributed by atoms with Crippen LogP contribution in [0.15, 0.2) is 107 Å². The molecule has 0 fully saturated rings. The van der Waals surface area contributed by atoms with Crippen LogP contribution in [0.1, 0.15) is 38.8 Å². The maximum atomic E-state index is 13.6. The standard InChI is InChI=1S/C33H35FN4O2/c1-20-11-12-23(31(39)37-33(3,4)24-9-7-6-8-10-24)18-26(20)27-19-38-28(17-21(27)2)36-29(30(38)32(40)35-5)22-13-15-25(34)16-14-22/h6-20,26,28,30H,1-5H3,(H,35,40)(H,37,39). The van der Waals surface area contributed by atoms with Crippen LogP contribution in [0.4, 0.5) is 4.39 Å². The van der Waals surface area contributed by atoms with Crippen molar-refractivity contribution in [2.75, 3.05) is 7.05 Å². The highest BCUT2D eigenvalue weighted by atomic mass is 19.1. The number of benzene rings is 2. The molecule has 0 saturated heterocycles. The van der Waals surface area contributed by atoms with E-state index in [2.05, 4.69) is 29.7 Å². The first-order valence-corrected chi connectivity index (χ1v) is 13.6. The third kappa shape index (κ3) is 5.16. The van der Waals surface area contributed by atoms with Crippen molar-refractivity contribution in [3.05, 3.63) is 119 Å². The van der Waals surface area contributed by atoms with Gasteiger partial charge in [0, 0.05) is 24.7 Å². The number of fused-ring (bicyclic) bond motifs is 1. The van der Waals surface area contributed by atoms with E-state index < -0.39 is 11.6 Å². The third-order valence-corrected chi connectivity index (χ3v) is 7.96. The van der Waals surface area contributed by atoms with Gasteiger partial charge in [-0.05, 0) is 67.2 Å². The van der Waals surface area contributed by atoms with Crippen molar-refractivity contribution in [3.63, 3.8) is 0 Å². The Hall–Kier alpha value is -4.26. The molecule has 2 amide bonds. The molecule has 2 aromatic carbocycles. The van der Waals surface area contributed by atoms with E-state index in [4.69, 9.17) is 4.99 Å². The second-order valence-corrected chi connectivity index (χ2v) is 11.1. The Balaban J connectivity index is 1.44. The molecule has 0 aromatic heterocycles. The van der Waals surface area contributed by atoms with E-state index >= 15 is 0 Å². The van der Waals surface area contributed by atoms with E-state index in [0.717, 1.165) is 16.7 Å². The minimum atomic E-state index is -0.660. The van der Waals surface area contributed by atoms with Crippen LogP contribution in [0.25, 0.3) is 0 Å². The summed E-state index contributed by atoms with van der Waals surface area (Å²) in [6.07, 6.45) is 9.70. The fourth-order valence-electron chi connectivity index (χ4n) is 5.61. The first kappa shape index (κ1) is 27.3. The van der Waals surface area contributed by atoms with Crippen molar-refractivity contribution in [2.45, 2.75) is 45.4 Å². The normalized spacial score (nSPS) is 23.9. The lowest BCUT2D eigenvalue weighted by Gasteiger charge is -2.35. The molecule has 0 bridgehead atoms. The fourth-order valence-corrected chi connectivity index (χ4v) is 5.61. The summed E-state index contributed by atoms with van der Waals surface area (Å²) in [5.74, 6) is -0.590. The summed E-state index contributed by atoms with van der Waals surface area (Å²) in [7, 11) is 1.60. The van der Waals surface area contributed by atoms with Crippen molar-refractivity contribution >= 4 is 17.5 Å². The van der Waals surface area contributed by atoms with Crippen LogP contribution in [-0.2, 0) is 15.1 Å². The molecular weight excluding hydrogens is 503 g/mol. The third-order valence-electron chi connectivity index (χ3n) is 7.96. The minimum Gasteiger partial charge on any atom is -0.357 e. The summed E-state index contributed by atoms with van der Waals surface area (Å²) in [4.78, 5) is 33.3. The van der Waals surface area contributed by atoms with Crippen molar-refractivity contribution in [1.29, 1.82) is 0 Å². The van der Waals surface area contributed by atoms with Gasteiger partial charge in [0.05, 0.1) is 11.3 Å². The molecule has 0 radical (unpaired) electrons. The molecule has 5 rings (SSSR count). The lowest BCUT2D eigenvalue weighted by Crippen LogP contribution is -2.48. The zero-order valence-electron chi connectivity index (χ0n) is 23.5. The Morgan fingerprint density at radius 1 is 1.02 bits per heavy atom. The van der Waals surface area contributed by atoms with Crippen LogP contribution in [0.3, 0.4) is 0 Å². The molecule has 0 spiro atoms. The highest BCUT2D eigenvalue weighted by Crippen LogP contribution is 2.38. The summed E-state index contributed by atoms with van der Waals surface area (Å²) in [6.45, 7) is 8.16. The number of allylic oxidation sites excluding steroid dienone is 4. The Kier molecular flexibility index (Phi) is 7.32. The van der Waals surface area contributed by atoms with Crippen molar-refractivity contribution in [1.82, 2.24) is 15.5 Å². The van der Waals surface area contributed by atoms with Crippen LogP contribution in [0, 0.1) is 17.7 Å². The number of halogens is 1. The van der Waals surface area contributed by atoms with Crippen LogP contribution in [0.5, 0.6) is 0 Å².